The van der Waals surface area contributed by atoms with Gasteiger partial charge >= 0.3 is 0 Å². The van der Waals surface area contributed by atoms with Gasteiger partial charge in [-0.2, -0.15) is 0 Å². The monoisotopic (exact) mass is 298 g/mol. The van der Waals surface area contributed by atoms with E-state index >= 15 is 0 Å². The molecule has 1 aromatic rings. The fourth-order valence-corrected chi connectivity index (χ4v) is 4.12. The van der Waals surface area contributed by atoms with E-state index in [1.807, 2.05) is 13.8 Å². The van der Waals surface area contributed by atoms with Crippen LogP contribution in [0.4, 0.5) is 5.69 Å². The molecule has 0 amide bonds. The highest BCUT2D eigenvalue weighted by Crippen LogP contribution is 2.22. The van der Waals surface area contributed by atoms with E-state index in [0.29, 0.717) is 25.3 Å². The van der Waals surface area contributed by atoms with E-state index in [1.165, 1.54) is 6.07 Å². The highest BCUT2D eigenvalue weighted by Gasteiger charge is 2.27. The lowest BCUT2D eigenvalue weighted by Gasteiger charge is -2.20. The largest absolute Gasteiger partial charge is 0.399 e. The number of nitrogen functional groups attached to an aromatic ring is 1. The smallest absolute Gasteiger partial charge is 0.241 e. The molecule has 0 bridgehead atoms. The van der Waals surface area contributed by atoms with Crippen LogP contribution in [0.3, 0.4) is 0 Å². The van der Waals surface area contributed by atoms with E-state index in [4.69, 9.17) is 10.5 Å². The zero-order chi connectivity index (χ0) is 14.8. The Bertz CT molecular complexity index is 566. The molecular formula is C14H22N2O3S. The van der Waals surface area contributed by atoms with E-state index in [0.717, 1.165) is 12.0 Å². The van der Waals surface area contributed by atoms with Gasteiger partial charge in [-0.25, -0.2) is 13.1 Å². The van der Waals surface area contributed by atoms with Gasteiger partial charge in [0.1, 0.15) is 0 Å². The van der Waals surface area contributed by atoms with E-state index < -0.39 is 10.0 Å². The molecule has 112 valence electrons. The molecule has 0 saturated carbocycles. The van der Waals surface area contributed by atoms with Crippen LogP contribution < -0.4 is 10.5 Å². The summed E-state index contributed by atoms with van der Waals surface area (Å²) in [5.74, 6) is 0.232. The number of ether oxygens (including phenoxy) is 1. The predicted molar refractivity (Wildman–Crippen MR) is 78.9 cm³/mol. The van der Waals surface area contributed by atoms with E-state index in [2.05, 4.69) is 4.72 Å². The molecule has 1 saturated heterocycles. The van der Waals surface area contributed by atoms with E-state index in [1.54, 1.807) is 12.1 Å². The third-order valence-corrected chi connectivity index (χ3v) is 5.42. The number of hydrogen-bond donors (Lipinski definition) is 2. The minimum Gasteiger partial charge on any atom is -0.399 e. The third-order valence-electron chi connectivity index (χ3n) is 3.77. The number of nitrogens with one attached hydrogen (secondary N) is 1. The van der Waals surface area contributed by atoms with Crippen LogP contribution in [0.15, 0.2) is 23.1 Å². The van der Waals surface area contributed by atoms with Gasteiger partial charge in [-0.3, -0.25) is 0 Å². The predicted octanol–water partition coefficient (Wildman–Crippen LogP) is 1.53. The Morgan fingerprint density at radius 3 is 2.85 bits per heavy atom. The van der Waals surface area contributed by atoms with Crippen molar-refractivity contribution < 1.29 is 13.2 Å². The number of anilines is 1. The summed E-state index contributed by atoms with van der Waals surface area (Å²) in [5, 5.41) is 0. The highest BCUT2D eigenvalue weighted by molar-refractivity contribution is 7.89. The second kappa shape index (κ2) is 6.11. The van der Waals surface area contributed by atoms with Crippen molar-refractivity contribution >= 4 is 15.7 Å². The molecule has 5 nitrogen and oxygen atoms in total. The average Bonchev–Trinajstić information content (AvgIpc) is 2.92. The number of aryl methyl sites for hydroxylation is 1. The van der Waals surface area contributed by atoms with Crippen LogP contribution in [-0.2, 0) is 21.2 Å². The molecular weight excluding hydrogens is 276 g/mol. The maximum Gasteiger partial charge on any atom is 0.241 e. The molecule has 20 heavy (non-hydrogen) atoms. The second-order valence-corrected chi connectivity index (χ2v) is 6.94. The fraction of sp³-hybridized carbons (Fsp3) is 0.571. The van der Waals surface area contributed by atoms with Crippen molar-refractivity contribution in [3.05, 3.63) is 23.8 Å². The number of rotatable bonds is 5. The van der Waals surface area contributed by atoms with Crippen LogP contribution in [0.2, 0.25) is 0 Å². The number of benzene rings is 1. The maximum absolute atomic E-state index is 12.5. The van der Waals surface area contributed by atoms with E-state index in [-0.39, 0.29) is 16.9 Å². The lowest BCUT2D eigenvalue weighted by atomic mass is 10.0. The summed E-state index contributed by atoms with van der Waals surface area (Å²) in [7, 11) is -3.55. The first-order valence-corrected chi connectivity index (χ1v) is 8.41. The Morgan fingerprint density at radius 1 is 1.50 bits per heavy atom. The quantitative estimate of drug-likeness (QED) is 0.808. The van der Waals surface area contributed by atoms with Crippen molar-refractivity contribution in [1.82, 2.24) is 4.72 Å². The van der Waals surface area contributed by atoms with Crippen LogP contribution in [0.25, 0.3) is 0 Å². The van der Waals surface area contributed by atoms with Gasteiger partial charge in [-0.1, -0.05) is 13.0 Å². The molecule has 0 aromatic heterocycles. The SMILES string of the molecule is CCc1ccc(N)cc1S(=O)(=O)NC(C)C1CCOC1. The molecule has 2 unspecified atom stereocenters. The van der Waals surface area contributed by atoms with Crippen molar-refractivity contribution in [2.24, 2.45) is 5.92 Å². The normalized spacial score (nSPS) is 21.0. The Hall–Kier alpha value is -1.11. The van der Waals surface area contributed by atoms with Crippen molar-refractivity contribution in [3.8, 4) is 0 Å². The summed E-state index contributed by atoms with van der Waals surface area (Å²) < 4.78 is 33.1. The van der Waals surface area contributed by atoms with Crippen LogP contribution in [0, 0.1) is 5.92 Å². The molecule has 1 fully saturated rings. The minimum atomic E-state index is -3.55. The van der Waals surface area contributed by atoms with Gasteiger partial charge in [0, 0.05) is 24.3 Å². The Morgan fingerprint density at radius 2 is 2.25 bits per heavy atom. The maximum atomic E-state index is 12.5. The molecule has 1 heterocycles. The van der Waals surface area contributed by atoms with Gasteiger partial charge < -0.3 is 10.5 Å². The second-order valence-electron chi connectivity index (χ2n) is 5.25. The number of hydrogen-bond acceptors (Lipinski definition) is 4. The highest BCUT2D eigenvalue weighted by atomic mass is 32.2. The van der Waals surface area contributed by atoms with Crippen LogP contribution in [-0.4, -0.2) is 27.7 Å². The van der Waals surface area contributed by atoms with Gasteiger partial charge in [-0.15, -0.1) is 0 Å². The molecule has 2 rings (SSSR count). The fourth-order valence-electron chi connectivity index (χ4n) is 2.46. The lowest BCUT2D eigenvalue weighted by molar-refractivity contribution is 0.180. The number of sulfonamides is 1. The molecule has 1 aromatic carbocycles. The average molecular weight is 298 g/mol. The Labute approximate surface area is 120 Å². The Kier molecular flexibility index (Phi) is 4.67. The molecule has 3 N–H and O–H groups in total. The first-order chi connectivity index (χ1) is 9.44. The van der Waals surface area contributed by atoms with Crippen molar-refractivity contribution in [3.63, 3.8) is 0 Å². The summed E-state index contributed by atoms with van der Waals surface area (Å²) >= 11 is 0. The van der Waals surface area contributed by atoms with Gasteiger partial charge in [0.05, 0.1) is 11.5 Å². The summed E-state index contributed by atoms with van der Waals surface area (Å²) in [6.07, 6.45) is 1.54. The zero-order valence-electron chi connectivity index (χ0n) is 11.9. The topological polar surface area (TPSA) is 81.4 Å². The van der Waals surface area contributed by atoms with Gasteiger partial charge in [-0.05, 0) is 37.5 Å². The first-order valence-electron chi connectivity index (χ1n) is 6.92. The molecule has 2 atom stereocenters. The van der Waals surface area contributed by atoms with Gasteiger partial charge in [0.15, 0.2) is 0 Å². The van der Waals surface area contributed by atoms with E-state index in [9.17, 15) is 8.42 Å². The summed E-state index contributed by atoms with van der Waals surface area (Å²) in [6, 6.07) is 4.88. The Balaban J connectivity index is 2.23. The van der Waals surface area contributed by atoms with Crippen molar-refractivity contribution in [2.45, 2.75) is 37.6 Å². The molecule has 0 spiro atoms. The molecule has 1 aliphatic rings. The summed E-state index contributed by atoms with van der Waals surface area (Å²) in [6.45, 7) is 5.13. The first kappa shape index (κ1) is 15.3. The standard InChI is InChI=1S/C14H22N2O3S/c1-3-11-4-5-13(15)8-14(11)20(17,18)16-10(2)12-6-7-19-9-12/h4-5,8,10,12,16H,3,6-7,9,15H2,1-2H3. The summed E-state index contributed by atoms with van der Waals surface area (Å²) in [5.41, 5.74) is 6.96. The third kappa shape index (κ3) is 3.31. The van der Waals surface area contributed by atoms with Crippen LogP contribution >= 0.6 is 0 Å². The van der Waals surface area contributed by atoms with Gasteiger partial charge in [0.25, 0.3) is 0 Å². The van der Waals surface area contributed by atoms with Crippen LogP contribution in [0.1, 0.15) is 25.8 Å². The molecule has 6 heteroatoms. The van der Waals surface area contributed by atoms with Crippen molar-refractivity contribution in [1.29, 1.82) is 0 Å². The zero-order valence-corrected chi connectivity index (χ0v) is 12.7. The molecule has 1 aliphatic heterocycles. The lowest BCUT2D eigenvalue weighted by Crippen LogP contribution is -2.38. The molecule has 0 aliphatic carbocycles. The molecule has 0 radical (unpaired) electrons. The number of nitrogens with two attached hydrogens (primary N) is 1. The summed E-state index contributed by atoms with van der Waals surface area (Å²) in [4.78, 5) is 0.283. The van der Waals surface area contributed by atoms with Gasteiger partial charge in [0.2, 0.25) is 10.0 Å². The van der Waals surface area contributed by atoms with Crippen LogP contribution in [0.5, 0.6) is 0 Å². The minimum absolute atomic E-state index is 0.145. The van der Waals surface area contributed by atoms with Crippen molar-refractivity contribution in [2.75, 3.05) is 18.9 Å².